The van der Waals surface area contributed by atoms with E-state index in [1.54, 1.807) is 0 Å². The summed E-state index contributed by atoms with van der Waals surface area (Å²) in [5.41, 5.74) is -0.639. The van der Waals surface area contributed by atoms with Crippen LogP contribution in [0.1, 0.15) is 75.2 Å². The minimum absolute atomic E-state index is 0.213. The first-order valence-corrected chi connectivity index (χ1v) is 12.5. The topological polar surface area (TPSA) is 27.7 Å². The van der Waals surface area contributed by atoms with Gasteiger partial charge in [-0.15, -0.1) is 0 Å². The molecule has 114 valence electrons. The van der Waals surface area contributed by atoms with Crippen molar-refractivity contribution < 1.29 is 9.22 Å². The normalized spacial score (nSPS) is 18.8. The molecule has 19 heavy (non-hydrogen) atoms. The van der Waals surface area contributed by atoms with Crippen LogP contribution in [0.25, 0.3) is 0 Å². The first kappa shape index (κ1) is 17.7. The molecule has 0 aromatic rings. The van der Waals surface area contributed by atoms with Crippen LogP contribution in [0.4, 0.5) is 0 Å². The quantitative estimate of drug-likeness (QED) is 0.672. The second-order valence-corrected chi connectivity index (χ2v) is 16.0. The van der Waals surface area contributed by atoms with Crippen molar-refractivity contribution in [1.82, 2.24) is 0 Å². The van der Waals surface area contributed by atoms with Gasteiger partial charge in [-0.2, -0.15) is 0 Å². The number of hydrogen-bond acceptors (Lipinski definition) is 3. The van der Waals surface area contributed by atoms with E-state index in [0.29, 0.717) is 3.93 Å². The molecule has 4 heteroatoms. The Kier molecular flexibility index (Phi) is 5.10. The third kappa shape index (κ3) is 6.78. The van der Waals surface area contributed by atoms with Gasteiger partial charge in [0.15, 0.2) is 0 Å². The summed E-state index contributed by atoms with van der Waals surface area (Å²) in [5.74, 6) is 0. The van der Waals surface area contributed by atoms with Crippen molar-refractivity contribution in [2.24, 2.45) is 0 Å². The first-order chi connectivity index (χ1) is 8.23. The van der Waals surface area contributed by atoms with Crippen molar-refractivity contribution >= 4 is 19.6 Å². The van der Waals surface area contributed by atoms with E-state index in [0.717, 1.165) is 0 Å². The summed E-state index contributed by atoms with van der Waals surface area (Å²) in [6, 6.07) is 0. The van der Waals surface area contributed by atoms with Crippen LogP contribution in [0.15, 0.2) is 0 Å². The van der Waals surface area contributed by atoms with Gasteiger partial charge in [0.1, 0.15) is 0 Å². The Hall–Kier alpha value is 0.679. The molecular weight excluding hydrogens is 347 g/mol. The Morgan fingerprint density at radius 3 is 1.05 bits per heavy atom. The second-order valence-electron chi connectivity index (χ2n) is 8.52. The molecule has 0 radical (unpaired) electrons. The van der Waals surface area contributed by atoms with Crippen molar-refractivity contribution in [3.63, 3.8) is 0 Å². The van der Waals surface area contributed by atoms with Crippen LogP contribution >= 0.6 is 0 Å². The van der Waals surface area contributed by atoms with Crippen molar-refractivity contribution in [2.45, 2.75) is 95.9 Å². The molecule has 0 unspecified atom stereocenters. The molecule has 0 heterocycles. The third-order valence-corrected chi connectivity index (χ3v) is 14.6. The molecule has 0 atom stereocenters. The van der Waals surface area contributed by atoms with Gasteiger partial charge in [-0.25, -0.2) is 0 Å². The predicted octanol–water partition coefficient (Wildman–Crippen LogP) is 4.53. The maximum absolute atomic E-state index is 6.47. The van der Waals surface area contributed by atoms with Gasteiger partial charge >= 0.3 is 125 Å². The van der Waals surface area contributed by atoms with Gasteiger partial charge in [-0.3, -0.25) is 0 Å². The molecule has 1 fully saturated rings. The van der Waals surface area contributed by atoms with Crippen LogP contribution in [0.2, 0.25) is 3.93 Å². The molecule has 0 N–H and O–H groups in total. The molecule has 1 aliphatic carbocycles. The van der Waals surface area contributed by atoms with Gasteiger partial charge in [0.2, 0.25) is 0 Å². The molecule has 0 amide bonds. The van der Waals surface area contributed by atoms with E-state index in [1.165, 1.54) is 12.8 Å². The SMILES string of the molecule is CC(C)(C)[O][Sn]([O]C(C)(C)C)([O]C(C)(C)C)[CH]1CC1. The number of hydrogen-bond donors (Lipinski definition) is 0. The molecule has 0 aliphatic heterocycles. The Morgan fingerprint density at radius 1 is 0.632 bits per heavy atom. The molecule has 3 nitrogen and oxygen atoms in total. The fourth-order valence-electron chi connectivity index (χ4n) is 2.03. The predicted molar refractivity (Wildman–Crippen MR) is 81.3 cm³/mol. The first-order valence-electron chi connectivity index (χ1n) is 7.33. The van der Waals surface area contributed by atoms with E-state index in [2.05, 4.69) is 62.3 Å². The van der Waals surface area contributed by atoms with Crippen molar-refractivity contribution in [1.29, 1.82) is 0 Å². The molecule has 0 aromatic heterocycles. The average molecular weight is 379 g/mol. The van der Waals surface area contributed by atoms with Crippen LogP contribution < -0.4 is 0 Å². The van der Waals surface area contributed by atoms with Crippen LogP contribution in [-0.4, -0.2) is 36.4 Å². The molecule has 0 saturated heterocycles. The van der Waals surface area contributed by atoms with Gasteiger partial charge in [-0.05, 0) is 0 Å². The van der Waals surface area contributed by atoms with Gasteiger partial charge in [0, 0.05) is 0 Å². The monoisotopic (exact) mass is 380 g/mol. The Morgan fingerprint density at radius 2 is 0.895 bits per heavy atom. The van der Waals surface area contributed by atoms with E-state index in [-0.39, 0.29) is 16.8 Å². The van der Waals surface area contributed by atoms with E-state index in [4.69, 9.17) is 9.22 Å². The van der Waals surface area contributed by atoms with Crippen LogP contribution in [0.3, 0.4) is 0 Å². The zero-order valence-electron chi connectivity index (χ0n) is 14.2. The Labute approximate surface area is 124 Å². The second kappa shape index (κ2) is 5.47. The van der Waals surface area contributed by atoms with E-state index in [1.807, 2.05) is 0 Å². The van der Waals surface area contributed by atoms with E-state index >= 15 is 0 Å². The molecule has 0 aromatic carbocycles. The van der Waals surface area contributed by atoms with Gasteiger partial charge in [0.05, 0.1) is 0 Å². The standard InChI is InChI=1S/3C4H9O.C3H5.Sn/c3*1-4(2,3)5;1-2-3-1;/h3*1-3H3;1H,2-3H2;/q3*-1;;+3. The summed E-state index contributed by atoms with van der Waals surface area (Å²) in [6.07, 6.45) is 2.39. The van der Waals surface area contributed by atoms with Crippen molar-refractivity contribution in [3.05, 3.63) is 0 Å². The third-order valence-electron chi connectivity index (χ3n) is 2.42. The molecule has 1 saturated carbocycles. The van der Waals surface area contributed by atoms with Crippen LogP contribution in [0, 0.1) is 0 Å². The molecule has 0 spiro atoms. The summed E-state index contributed by atoms with van der Waals surface area (Å²) >= 11 is -3.55. The van der Waals surface area contributed by atoms with Crippen LogP contribution in [0.5, 0.6) is 0 Å². The summed E-state index contributed by atoms with van der Waals surface area (Å²) in [4.78, 5) is 0. The maximum atomic E-state index is 6.47. The fraction of sp³-hybridized carbons (Fsp3) is 1.00. The Balaban J connectivity index is 3.03. The molecule has 1 aliphatic rings. The molecule has 1 rings (SSSR count). The zero-order chi connectivity index (χ0) is 15.1. The van der Waals surface area contributed by atoms with Gasteiger partial charge < -0.3 is 0 Å². The van der Waals surface area contributed by atoms with Crippen molar-refractivity contribution in [2.75, 3.05) is 0 Å². The summed E-state index contributed by atoms with van der Waals surface area (Å²) in [5, 5.41) is 0. The zero-order valence-corrected chi connectivity index (χ0v) is 17.1. The Bertz CT molecular complexity index is 262. The van der Waals surface area contributed by atoms with Gasteiger partial charge in [-0.1, -0.05) is 0 Å². The average Bonchev–Trinajstić information content (AvgIpc) is 2.70. The molecular formula is C15H32O3Sn. The summed E-state index contributed by atoms with van der Waals surface area (Å²) in [6.45, 7) is 18.9. The minimum atomic E-state index is -3.55. The van der Waals surface area contributed by atoms with Gasteiger partial charge in [0.25, 0.3) is 0 Å². The van der Waals surface area contributed by atoms with Crippen LogP contribution in [-0.2, 0) is 9.22 Å². The fourth-order valence-corrected chi connectivity index (χ4v) is 13.6. The van der Waals surface area contributed by atoms with E-state index in [9.17, 15) is 0 Å². The van der Waals surface area contributed by atoms with Crippen molar-refractivity contribution in [3.8, 4) is 0 Å². The summed E-state index contributed by atoms with van der Waals surface area (Å²) < 4.78 is 19.9. The molecule has 0 bridgehead atoms. The number of rotatable bonds is 4. The van der Waals surface area contributed by atoms with E-state index < -0.39 is 19.6 Å². The summed E-state index contributed by atoms with van der Waals surface area (Å²) in [7, 11) is 0.